The zero-order valence-corrected chi connectivity index (χ0v) is 24.3. The fourth-order valence-electron chi connectivity index (χ4n) is 5.20. The molecule has 3 aromatic carbocycles. The maximum atomic E-state index is 14.0. The van der Waals surface area contributed by atoms with Crippen molar-refractivity contribution in [1.29, 1.82) is 0 Å². The van der Waals surface area contributed by atoms with Crippen molar-refractivity contribution in [1.82, 2.24) is 24.5 Å². The number of nitrogens with one attached hydrogen (secondary N) is 1. The molecule has 8 nitrogen and oxygen atoms in total. The van der Waals surface area contributed by atoms with Gasteiger partial charge in [0, 0.05) is 16.8 Å². The number of nitrogens with zero attached hydrogens (tertiary/aromatic N) is 4. The van der Waals surface area contributed by atoms with E-state index in [4.69, 9.17) is 14.8 Å². The molecule has 210 valence electrons. The molecule has 6 rings (SSSR count). The van der Waals surface area contributed by atoms with Gasteiger partial charge in [0.1, 0.15) is 17.1 Å². The Labute approximate surface area is 246 Å². The minimum absolute atomic E-state index is 0.0228. The summed E-state index contributed by atoms with van der Waals surface area (Å²) in [6, 6.07) is 28.8. The Morgan fingerprint density at radius 1 is 0.952 bits per heavy atom. The van der Waals surface area contributed by atoms with Gasteiger partial charge in [0.25, 0.3) is 5.56 Å². The number of hydrogen-bond donors (Lipinski definition) is 1. The molecule has 0 aliphatic rings. The van der Waals surface area contributed by atoms with Crippen molar-refractivity contribution in [2.75, 3.05) is 7.11 Å². The van der Waals surface area contributed by atoms with E-state index < -0.39 is 0 Å². The number of para-hydroxylation sites is 2. The second-order valence-electron chi connectivity index (χ2n) is 9.98. The average Bonchev–Trinajstić information content (AvgIpc) is 3.59. The second kappa shape index (κ2) is 11.5. The number of amides is 1. The zero-order chi connectivity index (χ0) is 29.2. The van der Waals surface area contributed by atoms with Gasteiger partial charge < -0.3 is 10.1 Å². The van der Waals surface area contributed by atoms with Gasteiger partial charge in [0.15, 0.2) is 4.96 Å². The fourth-order valence-corrected chi connectivity index (χ4v) is 6.12. The smallest absolute Gasteiger partial charge is 0.268 e. The number of benzene rings is 3. The number of hydrogen-bond acceptors (Lipinski definition) is 6. The van der Waals surface area contributed by atoms with Gasteiger partial charge in [-0.15, -0.1) is 11.3 Å². The SMILES string of the molecule is COc1ccccc1-n1nc(-c2c(C)nc3scc(CC(=O)NC(c4ccccc4)c4ccccc4)n3c2=O)cc1C. The number of methoxy groups -OCH3 is 1. The van der Waals surface area contributed by atoms with E-state index in [1.807, 2.05) is 110 Å². The first-order valence-corrected chi connectivity index (χ1v) is 14.4. The van der Waals surface area contributed by atoms with E-state index in [0.29, 0.717) is 33.4 Å². The highest BCUT2D eigenvalue weighted by molar-refractivity contribution is 7.15. The number of fused-ring (bicyclic) bond motifs is 1. The molecule has 0 bridgehead atoms. The molecule has 0 atom stereocenters. The Morgan fingerprint density at radius 3 is 2.26 bits per heavy atom. The van der Waals surface area contributed by atoms with Gasteiger partial charge in [-0.1, -0.05) is 72.8 Å². The number of thiazole rings is 1. The summed E-state index contributed by atoms with van der Waals surface area (Å²) in [5.41, 5.74) is 5.38. The summed E-state index contributed by atoms with van der Waals surface area (Å²) in [6.07, 6.45) is 0.0228. The molecule has 9 heteroatoms. The van der Waals surface area contributed by atoms with Gasteiger partial charge in [-0.3, -0.25) is 14.0 Å². The third-order valence-corrected chi connectivity index (χ3v) is 8.07. The number of aromatic nitrogens is 4. The maximum absolute atomic E-state index is 14.0. The molecule has 0 spiro atoms. The van der Waals surface area contributed by atoms with Crippen molar-refractivity contribution in [3.63, 3.8) is 0 Å². The monoisotopic (exact) mass is 575 g/mol. The highest BCUT2D eigenvalue weighted by Gasteiger charge is 2.22. The summed E-state index contributed by atoms with van der Waals surface area (Å²) in [5, 5.41) is 9.77. The lowest BCUT2D eigenvalue weighted by Gasteiger charge is -2.20. The summed E-state index contributed by atoms with van der Waals surface area (Å²) in [4.78, 5) is 32.7. The first kappa shape index (κ1) is 27.2. The molecule has 3 aromatic heterocycles. The van der Waals surface area contributed by atoms with Crippen LogP contribution in [-0.2, 0) is 11.2 Å². The van der Waals surface area contributed by atoms with Crippen LogP contribution >= 0.6 is 11.3 Å². The van der Waals surface area contributed by atoms with Crippen LogP contribution in [0.2, 0.25) is 0 Å². The average molecular weight is 576 g/mol. The standard InChI is InChI=1S/C33H29N5O3S/c1-21-18-26(36-38(21)27-16-10-11-17-28(27)41-3)30-22(2)34-33-37(32(30)40)25(20-42-33)19-29(39)35-31(23-12-6-4-7-13-23)24-14-8-5-9-15-24/h4-18,20,31H,19H2,1-3H3,(H,35,39). The van der Waals surface area contributed by atoms with Crippen LogP contribution in [0.15, 0.2) is 101 Å². The molecule has 0 aliphatic heterocycles. The van der Waals surface area contributed by atoms with Gasteiger partial charge in [0.05, 0.1) is 30.8 Å². The summed E-state index contributed by atoms with van der Waals surface area (Å²) in [5.74, 6) is 0.477. The molecule has 0 unspecified atom stereocenters. The van der Waals surface area contributed by atoms with Crippen molar-refractivity contribution in [3.8, 4) is 22.7 Å². The molecule has 0 aliphatic carbocycles. The van der Waals surface area contributed by atoms with Gasteiger partial charge in [-0.25, -0.2) is 9.67 Å². The molecule has 1 amide bonds. The normalized spacial score (nSPS) is 11.2. The first-order valence-electron chi connectivity index (χ1n) is 13.5. The summed E-state index contributed by atoms with van der Waals surface area (Å²) in [7, 11) is 1.61. The summed E-state index contributed by atoms with van der Waals surface area (Å²) in [6.45, 7) is 3.74. The topological polar surface area (TPSA) is 90.5 Å². The number of carbonyl (C=O) groups excluding carboxylic acids is 1. The number of ether oxygens (including phenoxy) is 1. The van der Waals surface area contributed by atoms with Crippen LogP contribution in [0.1, 0.15) is 34.3 Å². The minimum atomic E-state index is -0.320. The van der Waals surface area contributed by atoms with Gasteiger partial charge in [-0.05, 0) is 43.2 Å². The Bertz CT molecular complexity index is 1900. The van der Waals surface area contributed by atoms with Crippen molar-refractivity contribution in [2.45, 2.75) is 26.3 Å². The lowest BCUT2D eigenvalue weighted by atomic mass is 9.98. The van der Waals surface area contributed by atoms with Gasteiger partial charge in [0.2, 0.25) is 5.91 Å². The van der Waals surface area contributed by atoms with Crippen LogP contribution in [0.3, 0.4) is 0 Å². The predicted octanol–water partition coefficient (Wildman–Crippen LogP) is 5.68. The van der Waals surface area contributed by atoms with Crippen LogP contribution in [0.5, 0.6) is 5.75 Å². The largest absolute Gasteiger partial charge is 0.494 e. The zero-order valence-electron chi connectivity index (χ0n) is 23.4. The molecule has 0 radical (unpaired) electrons. The Hall–Kier alpha value is -5.02. The van der Waals surface area contributed by atoms with Crippen LogP contribution in [0.4, 0.5) is 0 Å². The lowest BCUT2D eigenvalue weighted by molar-refractivity contribution is -0.121. The highest BCUT2D eigenvalue weighted by Crippen LogP contribution is 2.27. The van der Waals surface area contributed by atoms with E-state index in [0.717, 1.165) is 22.5 Å². The molecule has 3 heterocycles. The van der Waals surface area contributed by atoms with Crippen LogP contribution in [0, 0.1) is 13.8 Å². The third-order valence-electron chi connectivity index (χ3n) is 7.19. The van der Waals surface area contributed by atoms with Crippen LogP contribution in [-0.4, -0.2) is 32.2 Å². The van der Waals surface area contributed by atoms with E-state index >= 15 is 0 Å². The Balaban J connectivity index is 1.35. The Kier molecular flexibility index (Phi) is 7.41. The molecular weight excluding hydrogens is 546 g/mol. The molecule has 1 N–H and O–H groups in total. The summed E-state index contributed by atoms with van der Waals surface area (Å²) < 4.78 is 8.82. The van der Waals surface area contributed by atoms with Crippen molar-refractivity contribution >= 4 is 22.2 Å². The summed E-state index contributed by atoms with van der Waals surface area (Å²) >= 11 is 1.34. The molecule has 6 aromatic rings. The highest BCUT2D eigenvalue weighted by atomic mass is 32.1. The lowest BCUT2D eigenvalue weighted by Crippen LogP contribution is -2.31. The number of aryl methyl sites for hydroxylation is 2. The third kappa shape index (κ3) is 5.10. The van der Waals surface area contributed by atoms with Crippen molar-refractivity contribution < 1.29 is 9.53 Å². The predicted molar refractivity (Wildman–Crippen MR) is 164 cm³/mol. The van der Waals surface area contributed by atoms with Crippen molar-refractivity contribution in [3.05, 3.63) is 135 Å². The van der Waals surface area contributed by atoms with E-state index in [-0.39, 0.29) is 23.9 Å². The van der Waals surface area contributed by atoms with E-state index in [1.165, 1.54) is 15.7 Å². The fraction of sp³-hybridized carbons (Fsp3) is 0.152. The molecule has 0 fully saturated rings. The Morgan fingerprint density at radius 2 is 1.60 bits per heavy atom. The maximum Gasteiger partial charge on any atom is 0.268 e. The minimum Gasteiger partial charge on any atom is -0.494 e. The van der Waals surface area contributed by atoms with Crippen LogP contribution < -0.4 is 15.6 Å². The number of carbonyl (C=O) groups is 1. The molecule has 42 heavy (non-hydrogen) atoms. The van der Waals surface area contributed by atoms with Gasteiger partial charge >= 0.3 is 0 Å². The molecule has 0 saturated heterocycles. The molecule has 0 saturated carbocycles. The second-order valence-corrected chi connectivity index (χ2v) is 10.8. The van der Waals surface area contributed by atoms with Crippen molar-refractivity contribution in [2.24, 2.45) is 0 Å². The number of rotatable bonds is 8. The van der Waals surface area contributed by atoms with E-state index in [9.17, 15) is 9.59 Å². The van der Waals surface area contributed by atoms with Gasteiger partial charge in [-0.2, -0.15) is 5.10 Å². The first-order chi connectivity index (χ1) is 20.4. The van der Waals surface area contributed by atoms with E-state index in [1.54, 1.807) is 11.8 Å². The van der Waals surface area contributed by atoms with Crippen LogP contribution in [0.25, 0.3) is 21.9 Å². The molecular formula is C33H29N5O3S. The quantitative estimate of drug-likeness (QED) is 0.252. The van der Waals surface area contributed by atoms with E-state index in [2.05, 4.69) is 5.32 Å².